The van der Waals surface area contributed by atoms with Gasteiger partial charge < -0.3 is 20.1 Å². The molecule has 2 aromatic carbocycles. The average molecular weight is 475 g/mol. The lowest BCUT2D eigenvalue weighted by Crippen LogP contribution is -2.33. The molecule has 5 rings (SSSR count). The molecule has 2 atom stereocenters. The van der Waals surface area contributed by atoms with Gasteiger partial charge in [0.15, 0.2) is 11.5 Å². The van der Waals surface area contributed by atoms with Crippen LogP contribution in [0.3, 0.4) is 0 Å². The van der Waals surface area contributed by atoms with E-state index < -0.39 is 0 Å². The molecule has 1 amide bonds. The Labute approximate surface area is 204 Å². The monoisotopic (exact) mass is 474 g/mol. The van der Waals surface area contributed by atoms with Crippen LogP contribution in [0.2, 0.25) is 0 Å². The van der Waals surface area contributed by atoms with Crippen molar-refractivity contribution in [2.24, 2.45) is 11.7 Å². The molecule has 0 radical (unpaired) electrons. The summed E-state index contributed by atoms with van der Waals surface area (Å²) < 4.78 is 12.7. The zero-order valence-corrected chi connectivity index (χ0v) is 20.7. The van der Waals surface area contributed by atoms with Crippen molar-refractivity contribution in [2.75, 3.05) is 19.1 Å². The Morgan fingerprint density at radius 2 is 1.71 bits per heavy atom. The average Bonchev–Trinajstić information content (AvgIpc) is 3.60. The quantitative estimate of drug-likeness (QED) is 0.588. The molecule has 2 aliphatic rings. The fraction of sp³-hybridized carbons (Fsp3) is 0.370. The zero-order chi connectivity index (χ0) is 25.0. The zero-order valence-electron chi connectivity index (χ0n) is 20.7. The highest BCUT2D eigenvalue weighted by atomic mass is 16.5. The predicted molar refractivity (Wildman–Crippen MR) is 135 cm³/mol. The van der Waals surface area contributed by atoms with Gasteiger partial charge >= 0.3 is 5.69 Å². The van der Waals surface area contributed by atoms with Crippen LogP contribution in [-0.4, -0.2) is 35.7 Å². The summed E-state index contributed by atoms with van der Waals surface area (Å²) in [6.45, 7) is 6.67. The lowest BCUT2D eigenvalue weighted by Gasteiger charge is -2.30. The second-order valence-electron chi connectivity index (χ2n) is 9.48. The minimum absolute atomic E-state index is 0.143. The van der Waals surface area contributed by atoms with Gasteiger partial charge in [-0.3, -0.25) is 9.36 Å². The van der Waals surface area contributed by atoms with Crippen LogP contribution in [0.5, 0.6) is 11.5 Å². The summed E-state index contributed by atoms with van der Waals surface area (Å²) in [6, 6.07) is 9.90. The molecule has 0 bridgehead atoms. The maximum Gasteiger partial charge on any atom is 0.350 e. The summed E-state index contributed by atoms with van der Waals surface area (Å²) in [5.74, 6) is 1.16. The number of methoxy groups -OCH3 is 2. The fourth-order valence-corrected chi connectivity index (χ4v) is 5.43. The number of amides is 1. The molecule has 1 fully saturated rings. The molecule has 2 heterocycles. The number of benzene rings is 2. The molecule has 8 heteroatoms. The number of nitrogens with two attached hydrogens (primary N) is 1. The number of ether oxygens (including phenoxy) is 2. The third kappa shape index (κ3) is 3.83. The number of fused-ring (bicyclic) bond motifs is 3. The van der Waals surface area contributed by atoms with E-state index in [9.17, 15) is 9.59 Å². The Hall–Kier alpha value is -3.81. The van der Waals surface area contributed by atoms with Crippen LogP contribution >= 0.6 is 0 Å². The van der Waals surface area contributed by atoms with E-state index in [1.54, 1.807) is 18.8 Å². The molecule has 1 aliphatic carbocycles. The second kappa shape index (κ2) is 8.45. The van der Waals surface area contributed by atoms with Gasteiger partial charge in [0.05, 0.1) is 25.8 Å². The van der Waals surface area contributed by atoms with Crippen molar-refractivity contribution in [1.82, 2.24) is 9.55 Å². The lowest BCUT2D eigenvalue weighted by molar-refractivity contribution is -0.119. The summed E-state index contributed by atoms with van der Waals surface area (Å²) in [6.07, 6.45) is 1.32. The molecular weight excluding hydrogens is 444 g/mol. The number of anilines is 2. The largest absolute Gasteiger partial charge is 0.493 e. The van der Waals surface area contributed by atoms with Gasteiger partial charge in [0.1, 0.15) is 5.82 Å². The first-order chi connectivity index (χ1) is 16.7. The summed E-state index contributed by atoms with van der Waals surface area (Å²) in [7, 11) is 3.21. The van der Waals surface area contributed by atoms with Crippen molar-refractivity contribution in [2.45, 2.75) is 46.2 Å². The Morgan fingerprint density at radius 1 is 1.06 bits per heavy atom. The van der Waals surface area contributed by atoms with E-state index >= 15 is 0 Å². The summed E-state index contributed by atoms with van der Waals surface area (Å²) in [5.41, 5.74) is 12.3. The maximum atomic E-state index is 13.3. The van der Waals surface area contributed by atoms with Crippen molar-refractivity contribution in [3.05, 3.63) is 63.1 Å². The van der Waals surface area contributed by atoms with Crippen LogP contribution < -0.4 is 25.8 Å². The van der Waals surface area contributed by atoms with Crippen molar-refractivity contribution >= 4 is 17.4 Å². The van der Waals surface area contributed by atoms with Gasteiger partial charge in [0.25, 0.3) is 0 Å². The van der Waals surface area contributed by atoms with Crippen LogP contribution in [0.15, 0.2) is 35.1 Å². The normalized spacial score (nSPS) is 17.9. The van der Waals surface area contributed by atoms with Gasteiger partial charge in [-0.2, -0.15) is 4.98 Å². The van der Waals surface area contributed by atoms with Crippen molar-refractivity contribution < 1.29 is 14.3 Å². The van der Waals surface area contributed by atoms with Gasteiger partial charge in [0.2, 0.25) is 5.91 Å². The number of aromatic nitrogens is 2. The van der Waals surface area contributed by atoms with Crippen molar-refractivity contribution in [1.29, 1.82) is 0 Å². The van der Waals surface area contributed by atoms with E-state index in [1.807, 2.05) is 36.9 Å². The molecule has 2 N–H and O–H groups in total. The molecular formula is C27H30N4O4. The van der Waals surface area contributed by atoms with Crippen LogP contribution in [0.25, 0.3) is 11.3 Å². The number of aryl methyl sites for hydroxylation is 4. The predicted octanol–water partition coefficient (Wildman–Crippen LogP) is 3.42. The maximum absolute atomic E-state index is 13.3. The molecule has 3 aromatic rings. The number of carbonyl (C=O) groups excluding carboxylic acids is 1. The molecule has 35 heavy (non-hydrogen) atoms. The minimum Gasteiger partial charge on any atom is -0.493 e. The third-order valence-electron chi connectivity index (χ3n) is 7.06. The Kier molecular flexibility index (Phi) is 5.54. The van der Waals surface area contributed by atoms with E-state index in [4.69, 9.17) is 15.2 Å². The summed E-state index contributed by atoms with van der Waals surface area (Å²) >= 11 is 0. The molecule has 8 nitrogen and oxygen atoms in total. The smallest absolute Gasteiger partial charge is 0.350 e. The first kappa shape index (κ1) is 23.0. The number of rotatable bonds is 6. The minimum atomic E-state index is -0.334. The Balaban J connectivity index is 1.72. The van der Waals surface area contributed by atoms with Crippen molar-refractivity contribution in [3.63, 3.8) is 0 Å². The number of hydrogen-bond acceptors (Lipinski definition) is 6. The van der Waals surface area contributed by atoms with Crippen molar-refractivity contribution in [3.8, 4) is 22.8 Å². The lowest BCUT2D eigenvalue weighted by atomic mass is 9.96. The van der Waals surface area contributed by atoms with Crippen LogP contribution in [-0.2, 0) is 17.8 Å². The van der Waals surface area contributed by atoms with Crippen LogP contribution in [0, 0.1) is 26.7 Å². The van der Waals surface area contributed by atoms with Crippen LogP contribution in [0.4, 0.5) is 11.5 Å². The third-order valence-corrected chi connectivity index (χ3v) is 7.06. The van der Waals surface area contributed by atoms with E-state index in [1.165, 1.54) is 0 Å². The first-order valence-electron chi connectivity index (χ1n) is 11.8. The molecule has 0 spiro atoms. The fourth-order valence-electron chi connectivity index (χ4n) is 5.43. The van der Waals surface area contributed by atoms with E-state index in [-0.39, 0.29) is 23.6 Å². The molecule has 2 unspecified atom stereocenters. The highest BCUT2D eigenvalue weighted by Crippen LogP contribution is 2.46. The number of carbonyl (C=O) groups is 1. The molecule has 1 aromatic heterocycles. The van der Waals surface area contributed by atoms with Gasteiger partial charge in [-0.25, -0.2) is 4.79 Å². The van der Waals surface area contributed by atoms with Gasteiger partial charge in [-0.15, -0.1) is 0 Å². The molecule has 1 saturated carbocycles. The topological polar surface area (TPSA) is 99.7 Å². The number of nitrogens with zero attached hydrogens (tertiary/aromatic N) is 3. The summed E-state index contributed by atoms with van der Waals surface area (Å²) in [5, 5.41) is 0. The van der Waals surface area contributed by atoms with E-state index in [2.05, 4.69) is 24.0 Å². The standard InChI is InChI=1S/C27H30N4O4/c1-14-8-15(2)25(16(3)9-14)31(21-11-19(21)26(28)32)24-13-20-18-12-23(35-5)22(34-4)10-17(18)6-7-30(20)27(33)29-24/h8-10,12-13,19,21H,6-7,11H2,1-5H3,(H2,28,32). The SMILES string of the molecule is COc1cc2c(cc1OC)-c1cc(N(c3c(C)cc(C)cc3C)C3CC3C(N)=O)nc(=O)n1CC2. The summed E-state index contributed by atoms with van der Waals surface area (Å²) in [4.78, 5) is 31.8. The van der Waals surface area contributed by atoms with Gasteiger partial charge in [0, 0.05) is 29.9 Å². The Morgan fingerprint density at radius 3 is 2.31 bits per heavy atom. The molecule has 0 saturated heterocycles. The van der Waals surface area contributed by atoms with E-state index in [0.717, 1.165) is 39.2 Å². The molecule has 182 valence electrons. The highest BCUT2D eigenvalue weighted by molar-refractivity contribution is 5.84. The van der Waals surface area contributed by atoms with Crippen LogP contribution in [0.1, 0.15) is 28.7 Å². The Bertz CT molecular complexity index is 1390. The first-order valence-corrected chi connectivity index (χ1v) is 11.8. The van der Waals surface area contributed by atoms with Gasteiger partial charge in [-0.1, -0.05) is 17.7 Å². The van der Waals surface area contributed by atoms with E-state index in [0.29, 0.717) is 36.7 Å². The second-order valence-corrected chi connectivity index (χ2v) is 9.48. The van der Waals surface area contributed by atoms with Gasteiger partial charge in [-0.05, 0) is 62.4 Å². The number of primary amides is 1. The highest BCUT2D eigenvalue weighted by Gasteiger charge is 2.48. The number of hydrogen-bond donors (Lipinski definition) is 1. The molecule has 1 aliphatic heterocycles.